The van der Waals surface area contributed by atoms with E-state index >= 15 is 0 Å². The summed E-state index contributed by atoms with van der Waals surface area (Å²) in [5.74, 6) is -3.86. The highest BCUT2D eigenvalue weighted by atomic mass is 35.5. The van der Waals surface area contributed by atoms with Crippen molar-refractivity contribution in [1.29, 1.82) is 0 Å². The Morgan fingerprint density at radius 2 is 0.824 bits per heavy atom. The summed E-state index contributed by atoms with van der Waals surface area (Å²) in [5, 5.41) is 22.8. The number of rotatable bonds is 10. The number of benzene rings is 3. The van der Waals surface area contributed by atoms with E-state index in [1.165, 1.54) is 21.3 Å². The van der Waals surface area contributed by atoms with Gasteiger partial charge in [-0.25, -0.2) is 14.4 Å². The van der Waals surface area contributed by atoms with Crippen molar-refractivity contribution < 1.29 is 57.9 Å². The normalized spacial score (nSPS) is 16.0. The van der Waals surface area contributed by atoms with Crippen LogP contribution < -0.4 is 0 Å². The molecule has 18 heteroatoms. The lowest BCUT2D eigenvalue weighted by molar-refractivity contribution is -0.143. The van der Waals surface area contributed by atoms with Crippen LogP contribution in [0.3, 0.4) is 0 Å². The van der Waals surface area contributed by atoms with E-state index in [9.17, 15) is 28.8 Å². The number of nitrogens with one attached hydrogen (secondary N) is 3. The standard InChI is InChI=1S/C17H18ClNO4.2C15H14ClNO4.3CH4/c1-3-23-13(20)7-10-5-4-9-6-11(18)8-12-14(9)15(10)16(19-12)17(21)22-2;2*1-21-15(20)14-13-8(5-11(18)19)3-2-7-4-9(16)6-10(17-14)12(7)13;;;/h6,8,10,19H,3-5,7H2,1-2H3;2*4,6,8,17H,2-3,5H2,1H3,(H,18,19);3*1H4/t;8-;;;;/m.0..../s1. The molecule has 0 aliphatic heterocycles. The molecule has 3 aliphatic rings. The van der Waals surface area contributed by atoms with E-state index in [0.29, 0.717) is 51.6 Å². The topological polar surface area (TPSA) is 227 Å². The summed E-state index contributed by atoms with van der Waals surface area (Å²) in [6, 6.07) is 11.0. The molecule has 9 rings (SSSR count). The molecule has 366 valence electrons. The highest BCUT2D eigenvalue weighted by Gasteiger charge is 2.34. The highest BCUT2D eigenvalue weighted by molar-refractivity contribution is 6.32. The molecule has 3 atom stereocenters. The van der Waals surface area contributed by atoms with E-state index in [-0.39, 0.29) is 65.3 Å². The lowest BCUT2D eigenvalue weighted by Gasteiger charge is -2.23. The fourth-order valence-electron chi connectivity index (χ4n) is 9.70. The van der Waals surface area contributed by atoms with Gasteiger partial charge in [-0.2, -0.15) is 0 Å². The van der Waals surface area contributed by atoms with Gasteiger partial charge in [0.25, 0.3) is 0 Å². The van der Waals surface area contributed by atoms with Gasteiger partial charge in [-0.05, 0) is 133 Å². The number of carboxylic acids is 2. The number of aromatic nitrogens is 3. The van der Waals surface area contributed by atoms with Crippen LogP contribution >= 0.6 is 34.8 Å². The Bertz CT molecular complexity index is 2770. The summed E-state index contributed by atoms with van der Waals surface area (Å²) < 4.78 is 19.6. The van der Waals surface area contributed by atoms with Gasteiger partial charge in [-0.1, -0.05) is 57.1 Å². The number of carbonyl (C=O) groups excluding carboxylic acids is 4. The third-order valence-corrected chi connectivity index (χ3v) is 12.8. The third-order valence-electron chi connectivity index (χ3n) is 12.2. The first kappa shape index (κ1) is 54.6. The van der Waals surface area contributed by atoms with Crippen LogP contribution in [-0.4, -0.2) is 88.9 Å². The maximum Gasteiger partial charge on any atom is 0.354 e. The van der Waals surface area contributed by atoms with E-state index in [1.807, 2.05) is 18.2 Å². The van der Waals surface area contributed by atoms with Gasteiger partial charge < -0.3 is 44.1 Å². The maximum absolute atomic E-state index is 12.1. The highest BCUT2D eigenvalue weighted by Crippen LogP contribution is 2.45. The van der Waals surface area contributed by atoms with Gasteiger partial charge in [0.1, 0.15) is 17.1 Å². The number of aliphatic carboxylic acids is 2. The minimum absolute atomic E-state index is 0. The number of aromatic amines is 3. The van der Waals surface area contributed by atoms with E-state index < -0.39 is 29.8 Å². The predicted octanol–water partition coefficient (Wildman–Crippen LogP) is 11.7. The Hall–Kier alpha value is -6.03. The number of hydrogen-bond acceptors (Lipinski definition) is 10. The molecule has 2 unspecified atom stereocenters. The molecule has 5 N–H and O–H groups in total. The number of hydrogen-bond donors (Lipinski definition) is 5. The first-order valence-electron chi connectivity index (χ1n) is 20.9. The molecule has 0 bridgehead atoms. The molecule has 0 saturated carbocycles. The number of carbonyl (C=O) groups is 6. The van der Waals surface area contributed by atoms with E-state index in [4.69, 9.17) is 64.0 Å². The number of ether oxygens (including phenoxy) is 4. The van der Waals surface area contributed by atoms with Gasteiger partial charge in [0.2, 0.25) is 0 Å². The number of methoxy groups -OCH3 is 3. The molecule has 0 saturated heterocycles. The second-order valence-electron chi connectivity index (χ2n) is 16.1. The summed E-state index contributed by atoms with van der Waals surface area (Å²) >= 11 is 18.3. The molecular formula is C50H58Cl3N3O12. The van der Waals surface area contributed by atoms with Crippen LogP contribution in [0, 0.1) is 0 Å². The Balaban J connectivity index is 0.000000218. The van der Waals surface area contributed by atoms with Crippen molar-refractivity contribution in [3.05, 3.63) is 102 Å². The van der Waals surface area contributed by atoms with Crippen molar-refractivity contribution in [1.82, 2.24) is 15.0 Å². The van der Waals surface area contributed by atoms with E-state index in [1.54, 1.807) is 25.1 Å². The Kier molecular flexibility index (Phi) is 18.3. The zero-order chi connectivity index (χ0) is 46.9. The molecular weight excluding hydrogens is 941 g/mol. The molecule has 0 spiro atoms. The van der Waals surface area contributed by atoms with Gasteiger partial charge in [0.15, 0.2) is 0 Å². The fraction of sp³-hybridized carbons (Fsp3) is 0.400. The van der Waals surface area contributed by atoms with Crippen LogP contribution in [0.15, 0.2) is 36.4 Å². The first-order chi connectivity index (χ1) is 31.1. The van der Waals surface area contributed by atoms with E-state index in [0.717, 1.165) is 91.8 Å². The molecule has 3 aromatic heterocycles. The van der Waals surface area contributed by atoms with Crippen molar-refractivity contribution >= 4 is 103 Å². The summed E-state index contributed by atoms with van der Waals surface area (Å²) in [7, 11) is 3.96. The number of aryl methyl sites for hydroxylation is 3. The van der Waals surface area contributed by atoms with E-state index in [2.05, 4.69) is 15.0 Å². The van der Waals surface area contributed by atoms with Crippen molar-refractivity contribution in [3.63, 3.8) is 0 Å². The molecule has 0 amide bonds. The summed E-state index contributed by atoms with van der Waals surface area (Å²) in [5.41, 5.74) is 8.90. The average Bonchev–Trinajstić information content (AvgIpc) is 3.97. The minimum Gasteiger partial charge on any atom is -0.481 e. The van der Waals surface area contributed by atoms with Gasteiger partial charge in [-0.15, -0.1) is 0 Å². The summed E-state index contributed by atoms with van der Waals surface area (Å²) in [4.78, 5) is 79.3. The lowest BCUT2D eigenvalue weighted by atomic mass is 9.81. The van der Waals surface area contributed by atoms with Crippen LogP contribution in [0.1, 0.15) is 150 Å². The molecule has 6 aromatic rings. The van der Waals surface area contributed by atoms with Gasteiger partial charge in [0.05, 0.1) is 47.2 Å². The van der Waals surface area contributed by atoms with Crippen LogP contribution in [-0.2, 0) is 52.6 Å². The van der Waals surface area contributed by atoms with Gasteiger partial charge in [0, 0.05) is 47.8 Å². The molecule has 3 heterocycles. The van der Waals surface area contributed by atoms with Crippen molar-refractivity contribution in [2.45, 2.75) is 105 Å². The first-order valence-corrected chi connectivity index (χ1v) is 22.1. The lowest BCUT2D eigenvalue weighted by Crippen LogP contribution is -2.17. The Morgan fingerprint density at radius 3 is 1.09 bits per heavy atom. The molecule has 68 heavy (non-hydrogen) atoms. The minimum atomic E-state index is -0.873. The molecule has 15 nitrogen and oxygen atoms in total. The number of halogens is 3. The van der Waals surface area contributed by atoms with Crippen LogP contribution in [0.5, 0.6) is 0 Å². The zero-order valence-corrected chi connectivity index (χ0v) is 38.1. The summed E-state index contributed by atoms with van der Waals surface area (Å²) in [6.45, 7) is 2.13. The largest absolute Gasteiger partial charge is 0.481 e. The SMILES string of the molecule is C.C.C.CCOC(=O)CC1CCc2cc(Cl)cc3[nH]c(C(=O)OC)c1c23.COC(=O)c1[nH]c2cc(Cl)cc3c2c1C(CC(=O)O)CC3.COC(=O)c1[nH]c2cc(Cl)cc3c2c1[C@H](CC(=O)O)CC3. The van der Waals surface area contributed by atoms with Crippen LogP contribution in [0.25, 0.3) is 32.7 Å². The monoisotopic (exact) mass is 997 g/mol. The molecule has 3 aromatic carbocycles. The van der Waals surface area contributed by atoms with Gasteiger partial charge >= 0.3 is 35.8 Å². The Morgan fingerprint density at radius 1 is 0.529 bits per heavy atom. The second-order valence-corrected chi connectivity index (χ2v) is 17.4. The number of H-pyrrole nitrogens is 3. The Labute approximate surface area is 409 Å². The maximum atomic E-state index is 12.1. The van der Waals surface area contributed by atoms with Crippen LogP contribution in [0.4, 0.5) is 0 Å². The average molecular weight is 999 g/mol. The number of carboxylic acid groups (broad SMARTS) is 2. The van der Waals surface area contributed by atoms with Crippen LogP contribution in [0.2, 0.25) is 15.1 Å². The van der Waals surface area contributed by atoms with Crippen molar-refractivity contribution in [2.24, 2.45) is 0 Å². The van der Waals surface area contributed by atoms with Gasteiger partial charge in [-0.3, -0.25) is 14.4 Å². The third kappa shape index (κ3) is 11.0. The molecule has 0 radical (unpaired) electrons. The second kappa shape index (κ2) is 22.8. The molecule has 3 aliphatic carbocycles. The fourth-order valence-corrected chi connectivity index (χ4v) is 10.4. The van der Waals surface area contributed by atoms with Crippen molar-refractivity contribution in [2.75, 3.05) is 27.9 Å². The molecule has 0 fully saturated rings. The summed E-state index contributed by atoms with van der Waals surface area (Å²) in [6.07, 6.45) is 4.69. The van der Waals surface area contributed by atoms with Crippen molar-refractivity contribution in [3.8, 4) is 0 Å². The quantitative estimate of drug-likeness (QED) is 0.0638. The predicted molar refractivity (Wildman–Crippen MR) is 263 cm³/mol. The zero-order valence-electron chi connectivity index (χ0n) is 35.9. The number of esters is 4. The smallest absolute Gasteiger partial charge is 0.354 e.